The van der Waals surface area contributed by atoms with E-state index in [1.165, 1.54) is 63.0 Å². The molecular formula is C30H32ClFO. The Balaban J connectivity index is 1.56. The van der Waals surface area contributed by atoms with Crippen molar-refractivity contribution in [2.75, 3.05) is 0 Å². The molecule has 0 heterocycles. The summed E-state index contributed by atoms with van der Waals surface area (Å²) < 4.78 is 14.6. The Morgan fingerprint density at radius 2 is 1.61 bits per heavy atom. The predicted octanol–water partition coefficient (Wildman–Crippen LogP) is 9.39. The largest absolute Gasteiger partial charge is 0.276 e. The minimum atomic E-state index is -0.511. The maximum atomic E-state index is 14.6. The van der Waals surface area contributed by atoms with Crippen molar-refractivity contribution in [1.29, 1.82) is 0 Å². The average Bonchev–Trinajstić information content (AvgIpc) is 2.85. The van der Waals surface area contributed by atoms with Crippen LogP contribution >= 0.6 is 11.6 Å². The monoisotopic (exact) mass is 462 g/mol. The van der Waals surface area contributed by atoms with E-state index in [4.69, 9.17) is 11.6 Å². The summed E-state index contributed by atoms with van der Waals surface area (Å²) in [5, 5.41) is -0.511. The molecule has 1 aliphatic rings. The van der Waals surface area contributed by atoms with Crippen LogP contribution in [0, 0.1) is 11.7 Å². The molecule has 3 aromatic rings. The third-order valence-corrected chi connectivity index (χ3v) is 7.38. The van der Waals surface area contributed by atoms with E-state index in [1.54, 1.807) is 30.3 Å². The van der Waals surface area contributed by atoms with Gasteiger partial charge < -0.3 is 0 Å². The van der Waals surface area contributed by atoms with Crippen molar-refractivity contribution < 1.29 is 9.18 Å². The number of halogens is 2. The van der Waals surface area contributed by atoms with Crippen LogP contribution in [0.5, 0.6) is 0 Å². The van der Waals surface area contributed by atoms with E-state index < -0.39 is 5.24 Å². The molecule has 0 aliphatic heterocycles. The van der Waals surface area contributed by atoms with Crippen LogP contribution in [0.3, 0.4) is 0 Å². The molecule has 1 nitrogen and oxygen atoms in total. The summed E-state index contributed by atoms with van der Waals surface area (Å²) in [4.78, 5) is 11.8. The maximum absolute atomic E-state index is 14.6. The molecule has 0 spiro atoms. The lowest BCUT2D eigenvalue weighted by Gasteiger charge is -2.29. The average molecular weight is 463 g/mol. The third-order valence-electron chi connectivity index (χ3n) is 7.17. The Hall–Kier alpha value is -2.45. The molecule has 0 amide bonds. The topological polar surface area (TPSA) is 17.1 Å². The number of unbranched alkanes of at least 4 members (excludes halogenated alkanes) is 2. The van der Waals surface area contributed by atoms with E-state index in [0.29, 0.717) is 17.0 Å². The van der Waals surface area contributed by atoms with Gasteiger partial charge in [0, 0.05) is 11.1 Å². The second-order valence-corrected chi connectivity index (χ2v) is 9.69. The minimum Gasteiger partial charge on any atom is -0.276 e. The van der Waals surface area contributed by atoms with Gasteiger partial charge in [-0.3, -0.25) is 4.79 Å². The first kappa shape index (κ1) is 23.7. The molecule has 33 heavy (non-hydrogen) atoms. The van der Waals surface area contributed by atoms with Gasteiger partial charge in [-0.2, -0.15) is 0 Å². The minimum absolute atomic E-state index is 0.281. The van der Waals surface area contributed by atoms with Gasteiger partial charge in [0.05, 0.1) is 0 Å². The van der Waals surface area contributed by atoms with Crippen LogP contribution in [0.2, 0.25) is 0 Å². The molecule has 0 radical (unpaired) electrons. The Morgan fingerprint density at radius 1 is 0.879 bits per heavy atom. The Labute approximate surface area is 202 Å². The predicted molar refractivity (Wildman–Crippen MR) is 136 cm³/mol. The second kappa shape index (κ2) is 11.1. The van der Waals surface area contributed by atoms with Crippen LogP contribution in [0.15, 0.2) is 66.7 Å². The molecule has 0 bridgehead atoms. The zero-order valence-electron chi connectivity index (χ0n) is 19.3. The number of benzene rings is 3. The lowest BCUT2D eigenvalue weighted by atomic mass is 9.77. The number of carbonyl (C=O) groups excluding carboxylic acids is 1. The molecule has 0 unspecified atom stereocenters. The second-order valence-electron chi connectivity index (χ2n) is 9.35. The first-order chi connectivity index (χ1) is 16.1. The standard InChI is InChI=1S/C30H32ClFO/c1-2-3-4-7-21-10-12-22(13-11-21)23-14-16-24(17-15-23)28-20-25(30(31)33)18-19-26(28)27-8-5-6-9-29(27)32/h5-6,8-9,14-22H,2-4,7,10-13H2,1H3/t21-,22-. The number of hydrogen-bond donors (Lipinski definition) is 0. The molecule has 0 aromatic heterocycles. The summed E-state index contributed by atoms with van der Waals surface area (Å²) >= 11 is 5.76. The van der Waals surface area contributed by atoms with Gasteiger partial charge in [0.2, 0.25) is 0 Å². The highest BCUT2D eigenvalue weighted by molar-refractivity contribution is 6.67. The lowest BCUT2D eigenvalue weighted by molar-refractivity contribution is 0.108. The summed E-state index contributed by atoms with van der Waals surface area (Å²) in [6.45, 7) is 2.27. The summed E-state index contributed by atoms with van der Waals surface area (Å²) in [5.74, 6) is 1.23. The molecule has 1 aliphatic carbocycles. The molecule has 3 aromatic carbocycles. The van der Waals surface area contributed by atoms with Crippen LogP contribution in [0.1, 0.15) is 80.1 Å². The van der Waals surface area contributed by atoms with Gasteiger partial charge in [-0.05, 0) is 89.6 Å². The highest BCUT2D eigenvalue weighted by atomic mass is 35.5. The molecule has 1 fully saturated rings. The van der Waals surface area contributed by atoms with Crippen LogP contribution in [0.25, 0.3) is 22.3 Å². The maximum Gasteiger partial charge on any atom is 0.252 e. The summed E-state index contributed by atoms with van der Waals surface area (Å²) in [5.41, 5.74) is 4.85. The first-order valence-corrected chi connectivity index (χ1v) is 12.6. The molecule has 172 valence electrons. The van der Waals surface area contributed by atoms with E-state index in [-0.39, 0.29) is 5.82 Å². The van der Waals surface area contributed by atoms with Gasteiger partial charge in [-0.1, -0.05) is 81.1 Å². The molecule has 3 heteroatoms. The van der Waals surface area contributed by atoms with E-state index in [0.717, 1.165) is 22.6 Å². The van der Waals surface area contributed by atoms with Crippen LogP contribution < -0.4 is 0 Å². The quantitative estimate of drug-likeness (QED) is 0.240. The van der Waals surface area contributed by atoms with E-state index in [9.17, 15) is 9.18 Å². The van der Waals surface area contributed by atoms with Crippen molar-refractivity contribution in [2.45, 2.75) is 64.2 Å². The molecule has 0 atom stereocenters. The fraction of sp³-hybridized carbons (Fsp3) is 0.367. The summed E-state index contributed by atoms with van der Waals surface area (Å²) in [6.07, 6.45) is 10.6. The zero-order valence-corrected chi connectivity index (χ0v) is 20.1. The van der Waals surface area contributed by atoms with Crippen LogP contribution in [0.4, 0.5) is 4.39 Å². The van der Waals surface area contributed by atoms with Gasteiger partial charge in [-0.25, -0.2) is 4.39 Å². The van der Waals surface area contributed by atoms with Gasteiger partial charge in [-0.15, -0.1) is 0 Å². The number of rotatable bonds is 8. The van der Waals surface area contributed by atoms with Crippen LogP contribution in [-0.2, 0) is 0 Å². The number of hydrogen-bond acceptors (Lipinski definition) is 1. The summed E-state index contributed by atoms with van der Waals surface area (Å²) in [6, 6.07) is 20.6. The van der Waals surface area contributed by atoms with Gasteiger partial charge in [0.25, 0.3) is 5.24 Å². The van der Waals surface area contributed by atoms with Gasteiger partial charge >= 0.3 is 0 Å². The Morgan fingerprint density at radius 3 is 2.27 bits per heavy atom. The van der Waals surface area contributed by atoms with Gasteiger partial charge in [0.1, 0.15) is 5.82 Å². The molecule has 1 saturated carbocycles. The molecule has 0 N–H and O–H groups in total. The zero-order chi connectivity index (χ0) is 23.2. The van der Waals surface area contributed by atoms with Crippen molar-refractivity contribution in [3.63, 3.8) is 0 Å². The number of carbonyl (C=O) groups is 1. The van der Waals surface area contributed by atoms with E-state index >= 15 is 0 Å². The third kappa shape index (κ3) is 5.73. The Bertz CT molecular complexity index is 1080. The smallest absolute Gasteiger partial charge is 0.252 e. The van der Waals surface area contributed by atoms with E-state index in [1.807, 2.05) is 6.07 Å². The fourth-order valence-electron chi connectivity index (χ4n) is 5.22. The molecular weight excluding hydrogens is 431 g/mol. The highest BCUT2D eigenvalue weighted by Gasteiger charge is 2.22. The normalized spacial score (nSPS) is 18.3. The van der Waals surface area contributed by atoms with Crippen molar-refractivity contribution in [3.8, 4) is 22.3 Å². The van der Waals surface area contributed by atoms with Crippen molar-refractivity contribution in [2.24, 2.45) is 5.92 Å². The fourth-order valence-corrected chi connectivity index (χ4v) is 5.34. The van der Waals surface area contributed by atoms with Crippen molar-refractivity contribution in [1.82, 2.24) is 0 Å². The first-order valence-electron chi connectivity index (χ1n) is 12.3. The highest BCUT2D eigenvalue weighted by Crippen LogP contribution is 2.39. The van der Waals surface area contributed by atoms with Crippen LogP contribution in [-0.4, -0.2) is 5.24 Å². The SMILES string of the molecule is CCCCC[C@H]1CC[C@H](c2ccc(-c3cc(C(=O)Cl)ccc3-c3ccccc3F)cc2)CC1. The van der Waals surface area contributed by atoms with Crippen molar-refractivity contribution in [3.05, 3.63) is 83.7 Å². The summed E-state index contributed by atoms with van der Waals surface area (Å²) in [7, 11) is 0. The molecule has 4 rings (SSSR count). The lowest BCUT2D eigenvalue weighted by Crippen LogP contribution is -2.13. The van der Waals surface area contributed by atoms with Gasteiger partial charge in [0.15, 0.2) is 0 Å². The molecule has 0 saturated heterocycles. The van der Waals surface area contributed by atoms with E-state index in [2.05, 4.69) is 31.2 Å². The van der Waals surface area contributed by atoms with Crippen molar-refractivity contribution >= 4 is 16.8 Å². The Kier molecular flexibility index (Phi) is 7.98.